The second-order valence-corrected chi connectivity index (χ2v) is 5.70. The van der Waals surface area contributed by atoms with E-state index in [4.69, 9.17) is 0 Å². The third-order valence-electron chi connectivity index (χ3n) is 3.74. The first kappa shape index (κ1) is 17.3. The molecule has 0 saturated carbocycles. The average molecular weight is 349 g/mol. The van der Waals surface area contributed by atoms with Crippen LogP contribution in [-0.4, -0.2) is 16.8 Å². The highest BCUT2D eigenvalue weighted by molar-refractivity contribution is 6.08. The molecule has 5 nitrogen and oxygen atoms in total. The van der Waals surface area contributed by atoms with E-state index < -0.39 is 11.7 Å². The van der Waals surface area contributed by atoms with Crippen LogP contribution in [0.15, 0.2) is 67.0 Å². The van der Waals surface area contributed by atoms with Crippen molar-refractivity contribution in [3.8, 4) is 0 Å². The van der Waals surface area contributed by atoms with E-state index in [1.165, 1.54) is 36.7 Å². The maximum absolute atomic E-state index is 13.2. The summed E-state index contributed by atoms with van der Waals surface area (Å²) >= 11 is 0. The van der Waals surface area contributed by atoms with Gasteiger partial charge in [-0.1, -0.05) is 24.3 Å². The number of halogens is 1. The van der Waals surface area contributed by atoms with Crippen molar-refractivity contribution in [2.45, 2.75) is 6.92 Å². The van der Waals surface area contributed by atoms with Gasteiger partial charge < -0.3 is 10.6 Å². The molecule has 0 radical (unpaired) electrons. The Balaban J connectivity index is 1.76. The molecule has 0 atom stereocenters. The molecule has 0 bridgehead atoms. The van der Waals surface area contributed by atoms with Crippen LogP contribution in [0.1, 0.15) is 26.3 Å². The zero-order chi connectivity index (χ0) is 18.5. The Bertz CT molecular complexity index is 973. The molecule has 0 saturated heterocycles. The molecule has 0 spiro atoms. The number of hydrogen-bond acceptors (Lipinski definition) is 3. The lowest BCUT2D eigenvalue weighted by molar-refractivity contribution is 0.102. The topological polar surface area (TPSA) is 71.1 Å². The van der Waals surface area contributed by atoms with Crippen molar-refractivity contribution in [1.29, 1.82) is 0 Å². The molecule has 2 aromatic carbocycles. The standard InChI is InChI=1S/C20H16FN3O2/c1-13-5-2-3-8-18(13)24-20(26)15-9-14(11-22-12-15)19(25)23-17-7-4-6-16(21)10-17/h2-12H,1H3,(H,23,25)(H,24,26). The minimum absolute atomic E-state index is 0.201. The molecular weight excluding hydrogens is 333 g/mol. The number of para-hydroxylation sites is 1. The zero-order valence-corrected chi connectivity index (χ0v) is 14.0. The fourth-order valence-electron chi connectivity index (χ4n) is 2.37. The number of nitrogens with zero attached hydrogens (tertiary/aromatic N) is 1. The maximum atomic E-state index is 13.2. The van der Waals surface area contributed by atoms with Crippen LogP contribution in [0.4, 0.5) is 15.8 Å². The molecule has 3 aromatic rings. The molecule has 1 aromatic heterocycles. The molecule has 3 rings (SSSR count). The van der Waals surface area contributed by atoms with E-state index in [2.05, 4.69) is 15.6 Å². The molecule has 130 valence electrons. The number of aromatic nitrogens is 1. The first-order valence-corrected chi connectivity index (χ1v) is 7.92. The van der Waals surface area contributed by atoms with E-state index in [1.54, 1.807) is 12.1 Å². The predicted octanol–water partition coefficient (Wildman–Crippen LogP) is 4.03. The van der Waals surface area contributed by atoms with Crippen molar-refractivity contribution in [3.05, 3.63) is 89.5 Å². The predicted molar refractivity (Wildman–Crippen MR) is 97.7 cm³/mol. The lowest BCUT2D eigenvalue weighted by atomic mass is 10.1. The molecule has 0 unspecified atom stereocenters. The summed E-state index contributed by atoms with van der Waals surface area (Å²) in [6, 6.07) is 14.4. The van der Waals surface area contributed by atoms with Crippen molar-refractivity contribution in [1.82, 2.24) is 4.98 Å². The van der Waals surface area contributed by atoms with Crippen LogP contribution in [0.25, 0.3) is 0 Å². The molecule has 0 aliphatic carbocycles. The second-order valence-electron chi connectivity index (χ2n) is 5.70. The number of hydrogen-bond donors (Lipinski definition) is 2. The number of anilines is 2. The highest BCUT2D eigenvalue weighted by Gasteiger charge is 2.13. The first-order chi connectivity index (χ1) is 12.5. The van der Waals surface area contributed by atoms with Gasteiger partial charge >= 0.3 is 0 Å². The average Bonchev–Trinajstić information content (AvgIpc) is 2.63. The van der Waals surface area contributed by atoms with Crippen molar-refractivity contribution >= 4 is 23.2 Å². The summed E-state index contributed by atoms with van der Waals surface area (Å²) in [4.78, 5) is 28.7. The zero-order valence-electron chi connectivity index (χ0n) is 14.0. The number of nitrogens with one attached hydrogen (secondary N) is 2. The van der Waals surface area contributed by atoms with Gasteiger partial charge in [-0.25, -0.2) is 4.39 Å². The Morgan fingerprint density at radius 2 is 1.58 bits per heavy atom. The number of pyridine rings is 1. The lowest BCUT2D eigenvalue weighted by Gasteiger charge is -2.09. The molecule has 2 amide bonds. The highest BCUT2D eigenvalue weighted by atomic mass is 19.1. The van der Waals surface area contributed by atoms with Crippen LogP contribution in [0.2, 0.25) is 0 Å². The number of carbonyl (C=O) groups is 2. The van der Waals surface area contributed by atoms with Crippen LogP contribution in [-0.2, 0) is 0 Å². The second kappa shape index (κ2) is 7.57. The highest BCUT2D eigenvalue weighted by Crippen LogP contribution is 2.16. The summed E-state index contributed by atoms with van der Waals surface area (Å²) in [5.41, 5.74) is 2.39. The molecule has 6 heteroatoms. The van der Waals surface area contributed by atoms with Gasteiger partial charge in [-0.15, -0.1) is 0 Å². The Labute approximate surface area is 149 Å². The number of aryl methyl sites for hydroxylation is 1. The summed E-state index contributed by atoms with van der Waals surface area (Å²) in [7, 11) is 0. The van der Waals surface area contributed by atoms with Crippen molar-refractivity contribution < 1.29 is 14.0 Å². The van der Waals surface area contributed by atoms with E-state index in [9.17, 15) is 14.0 Å². The van der Waals surface area contributed by atoms with E-state index in [-0.39, 0.29) is 17.0 Å². The smallest absolute Gasteiger partial charge is 0.257 e. The van der Waals surface area contributed by atoms with Crippen LogP contribution >= 0.6 is 0 Å². The van der Waals surface area contributed by atoms with E-state index in [0.29, 0.717) is 11.4 Å². The SMILES string of the molecule is Cc1ccccc1NC(=O)c1cncc(C(=O)Nc2cccc(F)c2)c1. The Kier molecular flexibility index (Phi) is 5.03. The summed E-state index contributed by atoms with van der Waals surface area (Å²) in [5, 5.41) is 5.36. The van der Waals surface area contributed by atoms with Crippen molar-refractivity contribution in [2.24, 2.45) is 0 Å². The third kappa shape index (κ3) is 4.10. The minimum Gasteiger partial charge on any atom is -0.322 e. The number of benzene rings is 2. The fraction of sp³-hybridized carbons (Fsp3) is 0.0500. The molecule has 0 aliphatic heterocycles. The van der Waals surface area contributed by atoms with Gasteiger partial charge in [0, 0.05) is 23.8 Å². The Morgan fingerprint density at radius 3 is 2.27 bits per heavy atom. The van der Waals surface area contributed by atoms with Crippen LogP contribution in [0.3, 0.4) is 0 Å². The Morgan fingerprint density at radius 1 is 0.885 bits per heavy atom. The van der Waals surface area contributed by atoms with Crippen LogP contribution in [0, 0.1) is 12.7 Å². The van der Waals surface area contributed by atoms with Gasteiger partial charge in [0.1, 0.15) is 5.82 Å². The van der Waals surface area contributed by atoms with E-state index >= 15 is 0 Å². The summed E-state index contributed by atoms with van der Waals surface area (Å²) in [6.45, 7) is 1.89. The van der Waals surface area contributed by atoms with Gasteiger partial charge in [-0.05, 0) is 42.8 Å². The quantitative estimate of drug-likeness (QED) is 0.747. The normalized spacial score (nSPS) is 10.2. The fourth-order valence-corrected chi connectivity index (χ4v) is 2.37. The number of rotatable bonds is 4. The summed E-state index contributed by atoms with van der Waals surface area (Å²) in [5.74, 6) is -1.30. The maximum Gasteiger partial charge on any atom is 0.257 e. The molecule has 2 N–H and O–H groups in total. The Hall–Kier alpha value is -3.54. The number of carbonyl (C=O) groups excluding carboxylic acids is 2. The molecule has 0 aliphatic rings. The number of amides is 2. The van der Waals surface area contributed by atoms with Gasteiger partial charge in [0.25, 0.3) is 11.8 Å². The summed E-state index contributed by atoms with van der Waals surface area (Å²) in [6.07, 6.45) is 2.73. The molecular formula is C20H16FN3O2. The van der Waals surface area contributed by atoms with Gasteiger partial charge in [-0.3, -0.25) is 14.6 Å². The molecule has 1 heterocycles. The van der Waals surface area contributed by atoms with Gasteiger partial charge in [0.2, 0.25) is 0 Å². The summed E-state index contributed by atoms with van der Waals surface area (Å²) < 4.78 is 13.2. The monoisotopic (exact) mass is 349 g/mol. The van der Waals surface area contributed by atoms with Crippen molar-refractivity contribution in [2.75, 3.05) is 10.6 Å². The largest absolute Gasteiger partial charge is 0.322 e. The van der Waals surface area contributed by atoms with Crippen LogP contribution in [0.5, 0.6) is 0 Å². The molecule has 26 heavy (non-hydrogen) atoms. The van der Waals surface area contributed by atoms with Gasteiger partial charge in [-0.2, -0.15) is 0 Å². The van der Waals surface area contributed by atoms with E-state index in [1.807, 2.05) is 25.1 Å². The minimum atomic E-state index is -0.478. The first-order valence-electron chi connectivity index (χ1n) is 7.92. The van der Waals surface area contributed by atoms with Crippen LogP contribution < -0.4 is 10.6 Å². The van der Waals surface area contributed by atoms with Gasteiger partial charge in [0.15, 0.2) is 0 Å². The third-order valence-corrected chi connectivity index (χ3v) is 3.74. The van der Waals surface area contributed by atoms with Crippen molar-refractivity contribution in [3.63, 3.8) is 0 Å². The van der Waals surface area contributed by atoms with E-state index in [0.717, 1.165) is 5.56 Å². The van der Waals surface area contributed by atoms with Gasteiger partial charge in [0.05, 0.1) is 11.1 Å². The molecule has 0 fully saturated rings. The lowest BCUT2D eigenvalue weighted by Crippen LogP contribution is -2.16.